The molecule has 1 aromatic rings. The molecule has 0 fully saturated rings. The molecule has 0 spiro atoms. The first-order valence-electron chi connectivity index (χ1n) is 7.36. The minimum absolute atomic E-state index is 0.0635. The third-order valence-electron chi connectivity index (χ3n) is 3.47. The van der Waals surface area contributed by atoms with Crippen LogP contribution in [-0.4, -0.2) is 56.4 Å². The first-order valence-corrected chi connectivity index (χ1v) is 9.25. The van der Waals surface area contributed by atoms with Crippen LogP contribution in [0, 0.1) is 0 Å². The highest BCUT2D eigenvalue weighted by Crippen LogP contribution is 2.25. The van der Waals surface area contributed by atoms with Gasteiger partial charge in [0.05, 0.1) is 17.4 Å². The highest BCUT2D eigenvalue weighted by molar-refractivity contribution is 7.88. The van der Waals surface area contributed by atoms with E-state index in [-0.39, 0.29) is 41.7 Å². The molecular formula is C15H19N3O5S. The zero-order chi connectivity index (χ0) is 18.1. The van der Waals surface area contributed by atoms with Crippen molar-refractivity contribution in [2.45, 2.75) is 19.9 Å². The summed E-state index contributed by atoms with van der Waals surface area (Å²) in [5.41, 5.74) is 0.722. The van der Waals surface area contributed by atoms with E-state index < -0.39 is 21.8 Å². The van der Waals surface area contributed by atoms with Crippen molar-refractivity contribution < 1.29 is 22.8 Å². The second kappa shape index (κ2) is 6.70. The van der Waals surface area contributed by atoms with Crippen molar-refractivity contribution in [3.8, 4) is 0 Å². The maximum absolute atomic E-state index is 12.3. The fourth-order valence-electron chi connectivity index (χ4n) is 2.38. The summed E-state index contributed by atoms with van der Waals surface area (Å²) in [5, 5.41) is 2.55. The van der Waals surface area contributed by atoms with Gasteiger partial charge in [0.15, 0.2) is 0 Å². The standard InChI is InChI=1S/C15H19N3O5S/c1-9(2)18-14(20)11-5-4-10(8-12(11)15(18)21)13(19)16-6-7-17-24(3,22)23/h4-5,8-9,17H,6-7H2,1-3H3,(H,16,19). The van der Waals surface area contributed by atoms with Crippen LogP contribution in [-0.2, 0) is 10.0 Å². The molecule has 1 aliphatic rings. The summed E-state index contributed by atoms with van der Waals surface area (Å²) in [6, 6.07) is 4.04. The highest BCUT2D eigenvalue weighted by atomic mass is 32.2. The Morgan fingerprint density at radius 1 is 1.12 bits per heavy atom. The molecule has 0 aliphatic carbocycles. The zero-order valence-corrected chi connectivity index (χ0v) is 14.4. The van der Waals surface area contributed by atoms with Crippen LogP contribution in [0.2, 0.25) is 0 Å². The first-order chi connectivity index (χ1) is 11.1. The van der Waals surface area contributed by atoms with Gasteiger partial charge in [-0.2, -0.15) is 0 Å². The summed E-state index contributed by atoms with van der Waals surface area (Å²) in [7, 11) is -3.31. The minimum atomic E-state index is -3.31. The maximum Gasteiger partial charge on any atom is 0.261 e. The Morgan fingerprint density at radius 2 is 1.75 bits per heavy atom. The molecule has 0 atom stereocenters. The van der Waals surface area contributed by atoms with Crippen molar-refractivity contribution in [1.82, 2.24) is 14.9 Å². The smallest absolute Gasteiger partial charge is 0.261 e. The number of imide groups is 1. The van der Waals surface area contributed by atoms with Gasteiger partial charge in [-0.1, -0.05) is 0 Å². The molecule has 0 saturated carbocycles. The number of nitrogens with one attached hydrogen (secondary N) is 2. The lowest BCUT2D eigenvalue weighted by Gasteiger charge is -2.17. The van der Waals surface area contributed by atoms with Gasteiger partial charge in [0, 0.05) is 24.7 Å². The Kier molecular flexibility index (Phi) is 5.05. The van der Waals surface area contributed by atoms with Crippen molar-refractivity contribution in [2.75, 3.05) is 19.3 Å². The Bertz CT molecular complexity index is 801. The van der Waals surface area contributed by atoms with Gasteiger partial charge >= 0.3 is 0 Å². The second-order valence-corrected chi connectivity index (χ2v) is 7.59. The molecular weight excluding hydrogens is 334 g/mol. The quantitative estimate of drug-likeness (QED) is 0.551. The molecule has 1 aliphatic heterocycles. The van der Waals surface area contributed by atoms with E-state index in [4.69, 9.17) is 0 Å². The SMILES string of the molecule is CC(C)N1C(=O)c2ccc(C(=O)NCCNS(C)(=O)=O)cc2C1=O. The van der Waals surface area contributed by atoms with Crippen LogP contribution >= 0.6 is 0 Å². The number of rotatable bonds is 6. The van der Waals surface area contributed by atoms with E-state index in [2.05, 4.69) is 10.0 Å². The summed E-state index contributed by atoms with van der Waals surface area (Å²) < 4.78 is 24.1. The summed E-state index contributed by atoms with van der Waals surface area (Å²) in [6.07, 6.45) is 1.03. The number of benzene rings is 1. The number of carbonyl (C=O) groups excluding carboxylic acids is 3. The van der Waals surface area contributed by atoms with Crippen LogP contribution in [0.15, 0.2) is 18.2 Å². The molecule has 3 amide bonds. The Hall–Kier alpha value is -2.26. The van der Waals surface area contributed by atoms with Gasteiger partial charge in [-0.05, 0) is 32.0 Å². The molecule has 130 valence electrons. The lowest BCUT2D eigenvalue weighted by atomic mass is 10.1. The van der Waals surface area contributed by atoms with Gasteiger partial charge < -0.3 is 5.32 Å². The molecule has 8 nitrogen and oxygen atoms in total. The number of amides is 3. The molecule has 2 N–H and O–H groups in total. The van der Waals surface area contributed by atoms with E-state index in [0.29, 0.717) is 0 Å². The van der Waals surface area contributed by atoms with Crippen molar-refractivity contribution >= 4 is 27.7 Å². The van der Waals surface area contributed by atoms with Crippen LogP contribution < -0.4 is 10.0 Å². The van der Waals surface area contributed by atoms with Gasteiger partial charge in [-0.15, -0.1) is 0 Å². The van der Waals surface area contributed by atoms with Crippen LogP contribution in [0.4, 0.5) is 0 Å². The molecule has 2 rings (SSSR count). The van der Waals surface area contributed by atoms with Gasteiger partial charge in [0.25, 0.3) is 17.7 Å². The molecule has 9 heteroatoms. The first kappa shape index (κ1) is 18.1. The van der Waals surface area contributed by atoms with E-state index in [1.807, 2.05) is 0 Å². The maximum atomic E-state index is 12.3. The Labute approximate surface area is 140 Å². The van der Waals surface area contributed by atoms with Crippen molar-refractivity contribution in [3.63, 3.8) is 0 Å². The fourth-order valence-corrected chi connectivity index (χ4v) is 2.86. The topological polar surface area (TPSA) is 113 Å². The van der Waals surface area contributed by atoms with Crippen LogP contribution in [0.3, 0.4) is 0 Å². The Balaban J connectivity index is 2.09. The van der Waals surface area contributed by atoms with E-state index in [1.54, 1.807) is 13.8 Å². The van der Waals surface area contributed by atoms with Crippen LogP contribution in [0.1, 0.15) is 44.9 Å². The van der Waals surface area contributed by atoms with E-state index in [0.717, 1.165) is 11.2 Å². The van der Waals surface area contributed by atoms with Crippen molar-refractivity contribution in [1.29, 1.82) is 0 Å². The summed E-state index contributed by atoms with van der Waals surface area (Å²) in [4.78, 5) is 37.7. The number of hydrogen-bond acceptors (Lipinski definition) is 5. The predicted molar refractivity (Wildman–Crippen MR) is 87.3 cm³/mol. The van der Waals surface area contributed by atoms with E-state index in [1.165, 1.54) is 18.2 Å². The lowest BCUT2D eigenvalue weighted by molar-refractivity contribution is 0.0609. The molecule has 0 aromatic heterocycles. The van der Waals surface area contributed by atoms with Crippen LogP contribution in [0.5, 0.6) is 0 Å². The monoisotopic (exact) mass is 353 g/mol. The van der Waals surface area contributed by atoms with Crippen molar-refractivity contribution in [2.24, 2.45) is 0 Å². The third-order valence-corrected chi connectivity index (χ3v) is 4.20. The molecule has 0 radical (unpaired) electrons. The summed E-state index contributed by atoms with van der Waals surface area (Å²) in [6.45, 7) is 3.65. The van der Waals surface area contributed by atoms with Crippen LogP contribution in [0.25, 0.3) is 0 Å². The molecule has 1 aromatic carbocycles. The van der Waals surface area contributed by atoms with Gasteiger partial charge in [-0.3, -0.25) is 19.3 Å². The molecule has 1 heterocycles. The van der Waals surface area contributed by atoms with Gasteiger partial charge in [0.2, 0.25) is 10.0 Å². The molecule has 0 bridgehead atoms. The number of nitrogens with zero attached hydrogens (tertiary/aromatic N) is 1. The number of hydrogen-bond donors (Lipinski definition) is 2. The summed E-state index contributed by atoms with van der Waals surface area (Å²) >= 11 is 0. The molecule has 24 heavy (non-hydrogen) atoms. The third kappa shape index (κ3) is 3.80. The van der Waals surface area contributed by atoms with Gasteiger partial charge in [0.1, 0.15) is 0 Å². The average molecular weight is 353 g/mol. The molecule has 0 saturated heterocycles. The largest absolute Gasteiger partial charge is 0.351 e. The number of sulfonamides is 1. The van der Waals surface area contributed by atoms with Gasteiger partial charge in [-0.25, -0.2) is 13.1 Å². The van der Waals surface area contributed by atoms with E-state index in [9.17, 15) is 22.8 Å². The van der Waals surface area contributed by atoms with E-state index >= 15 is 0 Å². The normalized spacial score (nSPS) is 14.2. The number of carbonyl (C=O) groups is 3. The second-order valence-electron chi connectivity index (χ2n) is 5.76. The predicted octanol–water partition coefficient (Wildman–Crippen LogP) is -0.0300. The highest BCUT2D eigenvalue weighted by Gasteiger charge is 2.37. The fraction of sp³-hybridized carbons (Fsp3) is 0.400. The molecule has 0 unspecified atom stereocenters. The Morgan fingerprint density at radius 3 is 2.33 bits per heavy atom. The number of fused-ring (bicyclic) bond motifs is 1. The minimum Gasteiger partial charge on any atom is -0.351 e. The average Bonchev–Trinajstić information content (AvgIpc) is 2.73. The lowest BCUT2D eigenvalue weighted by Crippen LogP contribution is -2.36. The van der Waals surface area contributed by atoms with Crippen molar-refractivity contribution in [3.05, 3.63) is 34.9 Å². The zero-order valence-electron chi connectivity index (χ0n) is 13.6. The summed E-state index contributed by atoms with van der Waals surface area (Å²) in [5.74, 6) is -1.23.